The number of nitrogens with zero attached hydrogens (tertiary/aromatic N) is 1. The molecule has 1 unspecified atom stereocenters. The van der Waals surface area contributed by atoms with Gasteiger partial charge in [-0.1, -0.05) is 0 Å². The summed E-state index contributed by atoms with van der Waals surface area (Å²) < 4.78 is 16.5. The Morgan fingerprint density at radius 2 is 2.29 bits per heavy atom. The summed E-state index contributed by atoms with van der Waals surface area (Å²) in [4.78, 5) is 4.56. The van der Waals surface area contributed by atoms with Gasteiger partial charge in [-0.3, -0.25) is 4.98 Å². The van der Waals surface area contributed by atoms with E-state index in [1.54, 1.807) is 7.11 Å². The van der Waals surface area contributed by atoms with Crippen molar-refractivity contribution in [2.24, 2.45) is 0 Å². The fourth-order valence-corrected chi connectivity index (χ4v) is 2.41. The lowest BCUT2D eigenvalue weighted by Gasteiger charge is -2.14. The molecule has 0 amide bonds. The van der Waals surface area contributed by atoms with Gasteiger partial charge in [0.05, 0.1) is 25.0 Å². The summed E-state index contributed by atoms with van der Waals surface area (Å²) >= 11 is 0. The number of methoxy groups -OCH3 is 1. The molecule has 0 saturated carbocycles. The molecule has 1 atom stereocenters. The van der Waals surface area contributed by atoms with Crippen LogP contribution in [0.1, 0.15) is 30.7 Å². The number of ether oxygens (including phenoxy) is 3. The average molecular weight is 294 g/mol. The van der Waals surface area contributed by atoms with Crippen LogP contribution in [0.25, 0.3) is 0 Å². The van der Waals surface area contributed by atoms with Crippen molar-refractivity contribution in [1.82, 2.24) is 10.3 Å². The maximum absolute atomic E-state index is 5.90. The average Bonchev–Trinajstić information content (AvgIpc) is 2.99. The molecule has 1 N–H and O–H groups in total. The van der Waals surface area contributed by atoms with E-state index < -0.39 is 0 Å². The van der Waals surface area contributed by atoms with E-state index >= 15 is 0 Å². The molecule has 1 saturated heterocycles. The van der Waals surface area contributed by atoms with Crippen LogP contribution in [0.2, 0.25) is 0 Å². The largest absolute Gasteiger partial charge is 0.492 e. The predicted octanol–water partition coefficient (Wildman–Crippen LogP) is 2.07. The van der Waals surface area contributed by atoms with Crippen molar-refractivity contribution in [2.45, 2.75) is 38.8 Å². The van der Waals surface area contributed by atoms with E-state index in [0.717, 1.165) is 43.1 Å². The first-order valence-corrected chi connectivity index (χ1v) is 7.70. The minimum atomic E-state index is 0.367. The molecule has 1 aromatic rings. The fraction of sp³-hybridized carbons (Fsp3) is 0.688. The van der Waals surface area contributed by atoms with Crippen LogP contribution in [-0.4, -0.2) is 44.6 Å². The Bertz CT molecular complexity index is 420. The van der Waals surface area contributed by atoms with E-state index in [-0.39, 0.29) is 0 Å². The van der Waals surface area contributed by atoms with Gasteiger partial charge in [-0.15, -0.1) is 0 Å². The van der Waals surface area contributed by atoms with E-state index in [1.165, 1.54) is 6.42 Å². The summed E-state index contributed by atoms with van der Waals surface area (Å²) in [7, 11) is 1.70. The second-order valence-electron chi connectivity index (χ2n) is 5.34. The maximum Gasteiger partial charge on any atom is 0.142 e. The first-order chi connectivity index (χ1) is 10.3. The second kappa shape index (κ2) is 8.97. The minimum absolute atomic E-state index is 0.367. The summed E-state index contributed by atoms with van der Waals surface area (Å²) in [5.41, 5.74) is 1.96. The number of rotatable bonds is 9. The van der Waals surface area contributed by atoms with Crippen LogP contribution in [0.5, 0.6) is 5.75 Å². The molecule has 118 valence electrons. The quantitative estimate of drug-likeness (QED) is 0.707. The third-order valence-electron chi connectivity index (χ3n) is 3.57. The summed E-state index contributed by atoms with van der Waals surface area (Å²) in [6, 6.07) is 3.99. The number of aromatic nitrogens is 1. The van der Waals surface area contributed by atoms with Crippen molar-refractivity contribution in [1.29, 1.82) is 0 Å². The van der Waals surface area contributed by atoms with Crippen LogP contribution in [0.3, 0.4) is 0 Å². The van der Waals surface area contributed by atoms with Crippen molar-refractivity contribution in [3.63, 3.8) is 0 Å². The Balaban J connectivity index is 1.81. The van der Waals surface area contributed by atoms with Crippen molar-refractivity contribution in [3.8, 4) is 5.75 Å². The number of nitrogens with one attached hydrogen (secondary N) is 1. The topological polar surface area (TPSA) is 52.6 Å². The number of aryl methyl sites for hydroxylation is 1. The van der Waals surface area contributed by atoms with Crippen LogP contribution in [0.4, 0.5) is 0 Å². The van der Waals surface area contributed by atoms with Gasteiger partial charge < -0.3 is 19.5 Å². The number of hydrogen-bond donors (Lipinski definition) is 1. The molecule has 5 nitrogen and oxygen atoms in total. The first-order valence-electron chi connectivity index (χ1n) is 7.70. The third kappa shape index (κ3) is 5.61. The third-order valence-corrected chi connectivity index (χ3v) is 3.57. The van der Waals surface area contributed by atoms with Gasteiger partial charge in [0.25, 0.3) is 0 Å². The van der Waals surface area contributed by atoms with E-state index in [1.807, 2.05) is 19.1 Å². The summed E-state index contributed by atoms with van der Waals surface area (Å²) in [6.07, 6.45) is 3.64. The lowest BCUT2D eigenvalue weighted by Crippen LogP contribution is -2.20. The van der Waals surface area contributed by atoms with E-state index in [0.29, 0.717) is 25.9 Å². The van der Waals surface area contributed by atoms with Crippen LogP contribution in [-0.2, 0) is 16.0 Å². The van der Waals surface area contributed by atoms with Gasteiger partial charge in [0.1, 0.15) is 5.75 Å². The van der Waals surface area contributed by atoms with Crippen LogP contribution in [0.15, 0.2) is 12.1 Å². The molecule has 1 aliphatic rings. The lowest BCUT2D eigenvalue weighted by molar-refractivity contribution is 0.0901. The van der Waals surface area contributed by atoms with Crippen molar-refractivity contribution >= 4 is 0 Å². The van der Waals surface area contributed by atoms with Gasteiger partial charge >= 0.3 is 0 Å². The van der Waals surface area contributed by atoms with E-state index in [2.05, 4.69) is 10.3 Å². The van der Waals surface area contributed by atoms with Gasteiger partial charge in [-0.2, -0.15) is 0 Å². The summed E-state index contributed by atoms with van der Waals surface area (Å²) in [5.74, 6) is 0.864. The van der Waals surface area contributed by atoms with Crippen LogP contribution >= 0.6 is 0 Å². The van der Waals surface area contributed by atoms with Gasteiger partial charge in [-0.25, -0.2) is 0 Å². The van der Waals surface area contributed by atoms with E-state index in [4.69, 9.17) is 14.2 Å². The van der Waals surface area contributed by atoms with Gasteiger partial charge in [-0.05, 0) is 31.9 Å². The highest BCUT2D eigenvalue weighted by molar-refractivity contribution is 5.29. The zero-order chi connectivity index (χ0) is 14.9. The Morgan fingerprint density at radius 3 is 3.05 bits per heavy atom. The number of hydrogen-bond acceptors (Lipinski definition) is 5. The van der Waals surface area contributed by atoms with E-state index in [9.17, 15) is 0 Å². The van der Waals surface area contributed by atoms with Crippen molar-refractivity contribution in [3.05, 3.63) is 23.5 Å². The van der Waals surface area contributed by atoms with Gasteiger partial charge in [0, 0.05) is 38.9 Å². The molecule has 1 aromatic heterocycles. The normalized spacial score (nSPS) is 18.1. The highest BCUT2D eigenvalue weighted by Crippen LogP contribution is 2.19. The SMILES string of the molecule is COCCNCc1nc(C)ccc1OCCC1CCCO1. The molecule has 1 fully saturated rings. The molecule has 0 spiro atoms. The van der Waals surface area contributed by atoms with Gasteiger partial charge in [0.2, 0.25) is 0 Å². The molecule has 1 aliphatic heterocycles. The zero-order valence-corrected chi connectivity index (χ0v) is 13.1. The summed E-state index contributed by atoms with van der Waals surface area (Å²) in [6.45, 7) is 5.77. The molecule has 0 aliphatic carbocycles. The molecule has 2 heterocycles. The highest BCUT2D eigenvalue weighted by Gasteiger charge is 2.15. The maximum atomic E-state index is 5.90. The first kappa shape index (κ1) is 16.2. The molecule has 5 heteroatoms. The summed E-state index contributed by atoms with van der Waals surface area (Å²) in [5, 5.41) is 3.31. The Kier molecular flexibility index (Phi) is 6.92. The Morgan fingerprint density at radius 1 is 1.38 bits per heavy atom. The van der Waals surface area contributed by atoms with Crippen LogP contribution < -0.4 is 10.1 Å². The lowest BCUT2D eigenvalue weighted by atomic mass is 10.2. The molecular formula is C16H26N2O3. The zero-order valence-electron chi connectivity index (χ0n) is 13.1. The Labute approximate surface area is 127 Å². The molecule has 0 aromatic carbocycles. The molecule has 0 radical (unpaired) electrons. The second-order valence-corrected chi connectivity index (χ2v) is 5.34. The standard InChI is InChI=1S/C16H26N2O3/c1-13-5-6-16(15(18-13)12-17-8-11-19-2)21-10-7-14-4-3-9-20-14/h5-6,14,17H,3-4,7-12H2,1-2H3. The fourth-order valence-electron chi connectivity index (χ4n) is 2.41. The monoisotopic (exact) mass is 294 g/mol. The van der Waals surface area contributed by atoms with Crippen molar-refractivity contribution in [2.75, 3.05) is 33.5 Å². The molecule has 0 bridgehead atoms. The molecule has 21 heavy (non-hydrogen) atoms. The van der Waals surface area contributed by atoms with Crippen molar-refractivity contribution < 1.29 is 14.2 Å². The molecule has 2 rings (SSSR count). The predicted molar refractivity (Wildman–Crippen MR) is 81.6 cm³/mol. The van der Waals surface area contributed by atoms with Gasteiger partial charge in [0.15, 0.2) is 0 Å². The smallest absolute Gasteiger partial charge is 0.142 e. The molecular weight excluding hydrogens is 268 g/mol. The highest BCUT2D eigenvalue weighted by atomic mass is 16.5. The Hall–Kier alpha value is -1.17. The minimum Gasteiger partial charge on any atom is -0.492 e. The van der Waals surface area contributed by atoms with Crippen LogP contribution in [0, 0.1) is 6.92 Å². The number of pyridine rings is 1.